The molecule has 2 atom stereocenters. The lowest BCUT2D eigenvalue weighted by atomic mass is 9.68. The first-order valence-electron chi connectivity index (χ1n) is 13.8. The van der Waals surface area contributed by atoms with E-state index in [1.807, 2.05) is 16.7 Å². The molecule has 190 valence electrons. The SMILES string of the molecule is CCOC(=O)N1C2CCC1CC(N1CCC3(CC1)CN(C(=O)OC1CCC1)Cc1ccccc13)C2. The molecule has 0 radical (unpaired) electrons. The van der Waals surface area contributed by atoms with Gasteiger partial charge in [0.15, 0.2) is 0 Å². The summed E-state index contributed by atoms with van der Waals surface area (Å²) in [5, 5.41) is 0. The summed E-state index contributed by atoms with van der Waals surface area (Å²) in [6, 6.07) is 9.90. The normalized spacial score (nSPS) is 30.0. The second-order valence-corrected chi connectivity index (χ2v) is 11.4. The van der Waals surface area contributed by atoms with Crippen LogP contribution in [0.5, 0.6) is 0 Å². The van der Waals surface area contributed by atoms with Crippen LogP contribution in [0, 0.1) is 0 Å². The average molecular weight is 482 g/mol. The Hall–Kier alpha value is -2.28. The Morgan fingerprint density at radius 2 is 1.69 bits per heavy atom. The first-order valence-corrected chi connectivity index (χ1v) is 13.8. The van der Waals surface area contributed by atoms with Gasteiger partial charge in [-0.2, -0.15) is 0 Å². The molecule has 0 N–H and O–H groups in total. The summed E-state index contributed by atoms with van der Waals surface area (Å²) < 4.78 is 11.1. The third-order valence-corrected chi connectivity index (χ3v) is 9.48. The van der Waals surface area contributed by atoms with Crippen molar-refractivity contribution in [2.45, 2.75) is 101 Å². The number of ether oxygens (including phenoxy) is 2. The lowest BCUT2D eigenvalue weighted by molar-refractivity contribution is 0.00334. The van der Waals surface area contributed by atoms with E-state index in [0.717, 1.165) is 71.0 Å². The molecule has 2 unspecified atom stereocenters. The molecule has 1 saturated carbocycles. The Morgan fingerprint density at radius 3 is 2.34 bits per heavy atom. The number of carbonyl (C=O) groups excluding carboxylic acids is 2. The second-order valence-electron chi connectivity index (χ2n) is 11.4. The van der Waals surface area contributed by atoms with Gasteiger partial charge in [-0.3, -0.25) is 0 Å². The van der Waals surface area contributed by atoms with Gasteiger partial charge in [-0.1, -0.05) is 24.3 Å². The summed E-state index contributed by atoms with van der Waals surface area (Å²) in [5.41, 5.74) is 2.72. The maximum absolute atomic E-state index is 13.0. The monoisotopic (exact) mass is 481 g/mol. The van der Waals surface area contributed by atoms with Crippen molar-refractivity contribution in [2.24, 2.45) is 0 Å². The molecule has 7 nitrogen and oxygen atoms in total. The summed E-state index contributed by atoms with van der Waals surface area (Å²) in [4.78, 5) is 32.2. The summed E-state index contributed by atoms with van der Waals surface area (Å²) >= 11 is 0. The van der Waals surface area contributed by atoms with Crippen molar-refractivity contribution in [2.75, 3.05) is 26.2 Å². The van der Waals surface area contributed by atoms with Crippen LogP contribution >= 0.6 is 0 Å². The largest absolute Gasteiger partial charge is 0.450 e. The third-order valence-electron chi connectivity index (χ3n) is 9.48. The van der Waals surface area contributed by atoms with E-state index in [4.69, 9.17) is 9.47 Å². The van der Waals surface area contributed by atoms with Gasteiger partial charge in [0.25, 0.3) is 0 Å². The minimum atomic E-state index is -0.131. The summed E-state index contributed by atoms with van der Waals surface area (Å²) in [6.07, 6.45) is 9.48. The Bertz CT molecular complexity index is 941. The quantitative estimate of drug-likeness (QED) is 0.628. The molecule has 4 aliphatic heterocycles. The molecule has 1 aliphatic carbocycles. The second kappa shape index (κ2) is 9.30. The molecular weight excluding hydrogens is 442 g/mol. The van der Waals surface area contributed by atoms with E-state index in [1.54, 1.807) is 0 Å². The van der Waals surface area contributed by atoms with Crippen LogP contribution in [0.25, 0.3) is 0 Å². The van der Waals surface area contributed by atoms with Crippen molar-refractivity contribution in [3.8, 4) is 0 Å². The van der Waals surface area contributed by atoms with E-state index in [9.17, 15) is 9.59 Å². The number of fused-ring (bicyclic) bond motifs is 4. The highest BCUT2D eigenvalue weighted by Crippen LogP contribution is 2.45. The number of amides is 2. The van der Waals surface area contributed by atoms with Gasteiger partial charge in [0, 0.05) is 36.6 Å². The number of rotatable bonds is 3. The van der Waals surface area contributed by atoms with Crippen molar-refractivity contribution >= 4 is 12.2 Å². The van der Waals surface area contributed by atoms with Gasteiger partial charge in [0.1, 0.15) is 6.10 Å². The number of nitrogens with zero attached hydrogens (tertiary/aromatic N) is 3. The maximum Gasteiger partial charge on any atom is 0.410 e. The Balaban J connectivity index is 1.14. The van der Waals surface area contributed by atoms with Crippen LogP contribution in [0.15, 0.2) is 24.3 Å². The van der Waals surface area contributed by atoms with E-state index >= 15 is 0 Å². The van der Waals surface area contributed by atoms with Crippen molar-refractivity contribution in [1.82, 2.24) is 14.7 Å². The van der Waals surface area contributed by atoms with Gasteiger partial charge in [-0.25, -0.2) is 9.59 Å². The fraction of sp³-hybridized carbons (Fsp3) is 0.714. The standard InChI is InChI=1S/C28H39N3O4/c1-2-34-27(33)31-21-10-11-22(31)17-23(16-21)29-14-12-28(13-15-29)19-30(26(32)35-24-7-5-8-24)18-20-6-3-4-9-25(20)28/h3-4,6,9,21-24H,2,5,7-8,10-19H2,1H3. The molecule has 2 amide bonds. The van der Waals surface area contributed by atoms with E-state index in [1.165, 1.54) is 17.5 Å². The van der Waals surface area contributed by atoms with Gasteiger partial charge < -0.3 is 24.2 Å². The summed E-state index contributed by atoms with van der Waals surface area (Å²) in [7, 11) is 0. The van der Waals surface area contributed by atoms with Crippen LogP contribution in [-0.2, 0) is 21.4 Å². The molecule has 1 aromatic rings. The minimum Gasteiger partial charge on any atom is -0.450 e. The van der Waals surface area contributed by atoms with Gasteiger partial charge >= 0.3 is 12.2 Å². The molecule has 35 heavy (non-hydrogen) atoms. The Kier molecular flexibility index (Phi) is 6.15. The van der Waals surface area contributed by atoms with Crippen LogP contribution in [0.1, 0.15) is 75.8 Å². The number of hydrogen-bond donors (Lipinski definition) is 0. The number of benzene rings is 1. The van der Waals surface area contributed by atoms with E-state index in [0.29, 0.717) is 31.3 Å². The Labute approximate surface area is 208 Å². The predicted molar refractivity (Wildman–Crippen MR) is 132 cm³/mol. The molecule has 1 spiro atoms. The van der Waals surface area contributed by atoms with Crippen LogP contribution < -0.4 is 0 Å². The molecule has 4 heterocycles. The number of piperidine rings is 2. The third kappa shape index (κ3) is 4.20. The predicted octanol–water partition coefficient (Wildman–Crippen LogP) is 4.68. The van der Waals surface area contributed by atoms with Crippen LogP contribution in [0.2, 0.25) is 0 Å². The molecule has 0 aromatic heterocycles. The summed E-state index contributed by atoms with van der Waals surface area (Å²) in [6.45, 7) is 5.83. The Morgan fingerprint density at radius 1 is 0.971 bits per heavy atom. The smallest absolute Gasteiger partial charge is 0.410 e. The van der Waals surface area contributed by atoms with Gasteiger partial charge in [-0.05, 0) is 88.9 Å². The molecule has 4 fully saturated rings. The summed E-state index contributed by atoms with van der Waals surface area (Å²) in [5.74, 6) is 0. The zero-order valence-electron chi connectivity index (χ0n) is 21.0. The lowest BCUT2D eigenvalue weighted by Crippen LogP contribution is -2.57. The highest BCUT2D eigenvalue weighted by atomic mass is 16.6. The van der Waals surface area contributed by atoms with E-state index in [-0.39, 0.29) is 23.7 Å². The van der Waals surface area contributed by atoms with Crippen molar-refractivity contribution in [3.63, 3.8) is 0 Å². The van der Waals surface area contributed by atoms with Gasteiger partial charge in [0.05, 0.1) is 6.61 Å². The fourth-order valence-corrected chi connectivity index (χ4v) is 7.41. The molecule has 5 aliphatic rings. The van der Waals surface area contributed by atoms with Gasteiger partial charge in [0.2, 0.25) is 0 Å². The zero-order valence-corrected chi connectivity index (χ0v) is 21.0. The maximum atomic E-state index is 13.0. The van der Waals surface area contributed by atoms with Crippen LogP contribution in [0.3, 0.4) is 0 Å². The van der Waals surface area contributed by atoms with Crippen LogP contribution in [-0.4, -0.2) is 77.4 Å². The highest BCUT2D eigenvalue weighted by molar-refractivity contribution is 5.69. The number of likely N-dealkylation sites (tertiary alicyclic amines) is 1. The molecule has 7 heteroatoms. The molecular formula is C28H39N3O4. The van der Waals surface area contributed by atoms with Crippen molar-refractivity contribution in [1.29, 1.82) is 0 Å². The van der Waals surface area contributed by atoms with E-state index in [2.05, 4.69) is 29.2 Å². The minimum absolute atomic E-state index is 0.00852. The zero-order chi connectivity index (χ0) is 24.0. The van der Waals surface area contributed by atoms with Gasteiger partial charge in [-0.15, -0.1) is 0 Å². The molecule has 6 rings (SSSR count). The molecule has 1 aromatic carbocycles. The van der Waals surface area contributed by atoms with Crippen LogP contribution in [0.4, 0.5) is 9.59 Å². The van der Waals surface area contributed by atoms with Crippen molar-refractivity contribution in [3.05, 3.63) is 35.4 Å². The average Bonchev–Trinajstić information content (AvgIpc) is 3.11. The molecule has 2 bridgehead atoms. The number of carbonyl (C=O) groups is 2. The van der Waals surface area contributed by atoms with E-state index < -0.39 is 0 Å². The first-order chi connectivity index (χ1) is 17.1. The lowest BCUT2D eigenvalue weighted by Gasteiger charge is -2.51. The highest BCUT2D eigenvalue weighted by Gasteiger charge is 2.48. The molecule has 3 saturated heterocycles. The first kappa shape index (κ1) is 23.1. The number of hydrogen-bond acceptors (Lipinski definition) is 5. The van der Waals surface area contributed by atoms with Crippen molar-refractivity contribution < 1.29 is 19.1 Å². The fourth-order valence-electron chi connectivity index (χ4n) is 7.41. The topological polar surface area (TPSA) is 62.3 Å².